The number of fused-ring (bicyclic) bond motifs is 2. The fraction of sp³-hybridized carbons (Fsp3) is 0.647. The van der Waals surface area contributed by atoms with E-state index in [-0.39, 0.29) is 24.4 Å². The third-order valence-electron chi connectivity index (χ3n) is 6.31. The van der Waals surface area contributed by atoms with Gasteiger partial charge >= 0.3 is 0 Å². The Labute approximate surface area is 134 Å². The zero-order valence-corrected chi connectivity index (χ0v) is 13.1. The van der Waals surface area contributed by atoms with E-state index in [0.717, 1.165) is 30.4 Å². The van der Waals surface area contributed by atoms with E-state index in [2.05, 4.69) is 0 Å². The summed E-state index contributed by atoms with van der Waals surface area (Å²) >= 11 is 0. The van der Waals surface area contributed by atoms with Crippen molar-refractivity contribution in [2.24, 2.45) is 0 Å². The van der Waals surface area contributed by atoms with Gasteiger partial charge in [0, 0.05) is 30.7 Å². The highest BCUT2D eigenvalue weighted by Crippen LogP contribution is 2.58. The van der Waals surface area contributed by atoms with E-state index in [1.165, 1.54) is 0 Å². The van der Waals surface area contributed by atoms with E-state index in [9.17, 15) is 10.2 Å². The van der Waals surface area contributed by atoms with Crippen molar-refractivity contribution >= 4 is 0 Å². The van der Waals surface area contributed by atoms with Crippen LogP contribution in [-0.4, -0.2) is 53.8 Å². The lowest BCUT2D eigenvalue weighted by atomic mass is 9.61. The summed E-state index contributed by atoms with van der Waals surface area (Å²) in [5, 5.41) is 21.8. The second-order valence-corrected chi connectivity index (χ2v) is 7.07. The first-order valence-electron chi connectivity index (χ1n) is 8.24. The van der Waals surface area contributed by atoms with Crippen molar-refractivity contribution in [3.05, 3.63) is 23.3 Å². The molecular formula is C17H21NO5. The molecule has 4 aliphatic rings. The number of ether oxygens (including phenoxy) is 3. The van der Waals surface area contributed by atoms with Crippen molar-refractivity contribution in [2.45, 2.75) is 49.2 Å². The van der Waals surface area contributed by atoms with Crippen LogP contribution in [0.4, 0.5) is 0 Å². The van der Waals surface area contributed by atoms with Gasteiger partial charge in [-0.3, -0.25) is 4.90 Å². The number of rotatable bonds is 1. The first-order valence-corrected chi connectivity index (χ1v) is 8.24. The smallest absolute Gasteiger partial charge is 0.231 e. The lowest BCUT2D eigenvalue weighted by Gasteiger charge is -2.50. The molecule has 1 saturated heterocycles. The third kappa shape index (κ3) is 1.62. The van der Waals surface area contributed by atoms with E-state index in [4.69, 9.17) is 14.2 Å². The summed E-state index contributed by atoms with van der Waals surface area (Å²) in [6.07, 6.45) is 1.59. The predicted octanol–water partition coefficient (Wildman–Crippen LogP) is 0.902. The van der Waals surface area contributed by atoms with Gasteiger partial charge in [-0.2, -0.15) is 0 Å². The molecule has 1 saturated carbocycles. The van der Waals surface area contributed by atoms with Crippen molar-refractivity contribution in [2.75, 3.05) is 20.4 Å². The summed E-state index contributed by atoms with van der Waals surface area (Å²) < 4.78 is 16.6. The fourth-order valence-corrected chi connectivity index (χ4v) is 5.18. The lowest BCUT2D eigenvalue weighted by Crippen LogP contribution is -2.55. The van der Waals surface area contributed by atoms with E-state index in [0.29, 0.717) is 18.0 Å². The minimum absolute atomic E-state index is 0.0964. The number of methoxy groups -OCH3 is 1. The number of aliphatic hydroxyl groups is 2. The number of hydrogen-bond donors (Lipinski definition) is 2. The standard InChI is InChI=1S/C17H21NO5/c1-21-9-2-3-17-11-6-13-12(22-8-23-13)5-10(11)16(20)18(7-15(17)19)14(17)4-9/h5-6,9,14-16,19-20H,2-4,7-8H2,1H3. The number of hydrogen-bond acceptors (Lipinski definition) is 6. The average Bonchev–Trinajstić information content (AvgIpc) is 3.12. The van der Waals surface area contributed by atoms with Crippen LogP contribution < -0.4 is 9.47 Å². The summed E-state index contributed by atoms with van der Waals surface area (Å²) in [5.41, 5.74) is 1.53. The molecule has 0 spiro atoms. The molecule has 5 rings (SSSR count). The predicted molar refractivity (Wildman–Crippen MR) is 80.4 cm³/mol. The van der Waals surface area contributed by atoms with Crippen LogP contribution in [0.3, 0.4) is 0 Å². The molecule has 6 nitrogen and oxygen atoms in total. The maximum absolute atomic E-state index is 10.9. The van der Waals surface area contributed by atoms with Crippen LogP contribution in [0.25, 0.3) is 0 Å². The zero-order chi connectivity index (χ0) is 15.8. The Bertz CT molecular complexity index is 665. The first kappa shape index (κ1) is 14.0. The summed E-state index contributed by atoms with van der Waals surface area (Å²) in [5.74, 6) is 1.39. The van der Waals surface area contributed by atoms with Gasteiger partial charge in [0.25, 0.3) is 0 Å². The molecule has 6 atom stereocenters. The van der Waals surface area contributed by atoms with Crippen molar-refractivity contribution < 1.29 is 24.4 Å². The largest absolute Gasteiger partial charge is 0.454 e. The molecular weight excluding hydrogens is 298 g/mol. The van der Waals surface area contributed by atoms with Gasteiger partial charge < -0.3 is 24.4 Å². The Morgan fingerprint density at radius 1 is 1.26 bits per heavy atom. The molecule has 124 valence electrons. The van der Waals surface area contributed by atoms with E-state index in [1.54, 1.807) is 7.11 Å². The first-order chi connectivity index (χ1) is 11.1. The molecule has 1 aromatic carbocycles. The van der Waals surface area contributed by atoms with Gasteiger partial charge in [0.2, 0.25) is 6.79 Å². The second kappa shape index (κ2) is 4.60. The van der Waals surface area contributed by atoms with Gasteiger partial charge in [-0.25, -0.2) is 0 Å². The lowest BCUT2D eigenvalue weighted by molar-refractivity contribution is -0.0655. The van der Waals surface area contributed by atoms with Crippen LogP contribution in [0.2, 0.25) is 0 Å². The van der Waals surface area contributed by atoms with Crippen LogP contribution in [0.15, 0.2) is 12.1 Å². The van der Waals surface area contributed by atoms with Crippen LogP contribution in [0.5, 0.6) is 11.5 Å². The van der Waals surface area contributed by atoms with Crippen molar-refractivity contribution in [3.8, 4) is 11.5 Å². The van der Waals surface area contributed by atoms with E-state index in [1.807, 2.05) is 17.0 Å². The van der Waals surface area contributed by atoms with E-state index >= 15 is 0 Å². The molecule has 2 N–H and O–H groups in total. The van der Waals surface area contributed by atoms with E-state index < -0.39 is 12.3 Å². The quantitative estimate of drug-likeness (QED) is 0.801. The summed E-state index contributed by atoms with van der Waals surface area (Å²) in [7, 11) is 1.74. The molecule has 23 heavy (non-hydrogen) atoms. The minimum Gasteiger partial charge on any atom is -0.454 e. The summed E-state index contributed by atoms with van der Waals surface area (Å²) in [6, 6.07) is 3.96. The fourth-order valence-electron chi connectivity index (χ4n) is 5.18. The maximum atomic E-state index is 10.9. The minimum atomic E-state index is -0.717. The van der Waals surface area contributed by atoms with Crippen molar-refractivity contribution in [3.63, 3.8) is 0 Å². The molecule has 3 aliphatic heterocycles. The van der Waals surface area contributed by atoms with Gasteiger partial charge in [0.1, 0.15) is 6.23 Å². The van der Waals surface area contributed by atoms with Crippen LogP contribution >= 0.6 is 0 Å². The normalized spacial score (nSPS) is 43.2. The van der Waals surface area contributed by atoms with Gasteiger partial charge in [0.05, 0.1) is 12.2 Å². The molecule has 0 amide bonds. The summed E-state index contributed by atoms with van der Waals surface area (Å²) in [6.45, 7) is 0.700. The third-order valence-corrected chi connectivity index (χ3v) is 6.31. The highest BCUT2D eigenvalue weighted by atomic mass is 16.7. The maximum Gasteiger partial charge on any atom is 0.231 e. The Morgan fingerprint density at radius 2 is 2.04 bits per heavy atom. The van der Waals surface area contributed by atoms with Gasteiger partial charge in [-0.1, -0.05) is 0 Å². The SMILES string of the molecule is COC1CCC23c4cc5c(cc4C(O)N(CC2O)C3C1)OCO5. The number of aliphatic hydroxyl groups excluding tert-OH is 2. The van der Waals surface area contributed by atoms with Crippen LogP contribution in [-0.2, 0) is 10.2 Å². The number of benzene rings is 1. The highest BCUT2D eigenvalue weighted by Gasteiger charge is 2.62. The molecule has 0 aromatic heterocycles. The monoisotopic (exact) mass is 319 g/mol. The average molecular weight is 319 g/mol. The molecule has 1 aromatic rings. The Balaban J connectivity index is 1.70. The van der Waals surface area contributed by atoms with Gasteiger partial charge in [-0.05, 0) is 37.0 Å². The van der Waals surface area contributed by atoms with Crippen LogP contribution in [0.1, 0.15) is 36.6 Å². The molecule has 6 unspecified atom stereocenters. The van der Waals surface area contributed by atoms with Crippen molar-refractivity contribution in [1.82, 2.24) is 4.90 Å². The number of nitrogens with zero attached hydrogens (tertiary/aromatic N) is 1. The van der Waals surface area contributed by atoms with Gasteiger partial charge in [-0.15, -0.1) is 0 Å². The van der Waals surface area contributed by atoms with Gasteiger partial charge in [0.15, 0.2) is 11.5 Å². The zero-order valence-electron chi connectivity index (χ0n) is 13.1. The molecule has 0 radical (unpaired) electrons. The molecule has 1 aliphatic carbocycles. The Kier molecular flexibility index (Phi) is 2.81. The van der Waals surface area contributed by atoms with Crippen LogP contribution in [0, 0.1) is 0 Å². The molecule has 3 heterocycles. The second-order valence-electron chi connectivity index (χ2n) is 7.07. The molecule has 2 fully saturated rings. The van der Waals surface area contributed by atoms with Crippen molar-refractivity contribution in [1.29, 1.82) is 0 Å². The molecule has 2 bridgehead atoms. The topological polar surface area (TPSA) is 71.4 Å². The highest BCUT2D eigenvalue weighted by molar-refractivity contribution is 5.55. The molecule has 6 heteroatoms. The Hall–Kier alpha value is -1.34. The summed E-state index contributed by atoms with van der Waals surface area (Å²) in [4.78, 5) is 2.03. The Morgan fingerprint density at radius 3 is 2.83 bits per heavy atom.